The van der Waals surface area contributed by atoms with Crippen LogP contribution in [0.15, 0.2) is 30.6 Å². The van der Waals surface area contributed by atoms with Crippen LogP contribution in [0.1, 0.15) is 32.0 Å². The Hall–Kier alpha value is -2.11. The number of aromatic nitrogens is 2. The highest BCUT2D eigenvalue weighted by Gasteiger charge is 2.32. The molecule has 1 N–H and O–H groups in total. The minimum Gasteiger partial charge on any atom is -0.507 e. The third kappa shape index (κ3) is 3.32. The molecule has 0 bridgehead atoms. The number of alkyl halides is 3. The molecule has 21 heavy (non-hydrogen) atoms. The summed E-state index contributed by atoms with van der Waals surface area (Å²) in [7, 11) is 0. The number of hydrogen-bond acceptors (Lipinski definition) is 3. The summed E-state index contributed by atoms with van der Waals surface area (Å²) < 4.78 is 37.4. The lowest BCUT2D eigenvalue weighted by molar-refractivity contribution is -0.141. The third-order valence-electron chi connectivity index (χ3n) is 3.08. The van der Waals surface area contributed by atoms with Gasteiger partial charge in [0.1, 0.15) is 5.75 Å². The van der Waals surface area contributed by atoms with Crippen molar-refractivity contribution in [3.63, 3.8) is 0 Å². The van der Waals surface area contributed by atoms with Crippen LogP contribution >= 0.6 is 0 Å². The first-order valence-electron chi connectivity index (χ1n) is 6.32. The molecular weight excluding hydrogens is 281 g/mol. The Labute approximate surface area is 120 Å². The molecular formula is C15H15F3N2O. The Balaban J connectivity index is 2.47. The SMILES string of the molecule is CC(C)(C)c1ccc(O)c(-c2cnc(C(F)(F)F)cn2)c1. The lowest BCUT2D eigenvalue weighted by Gasteiger charge is -2.20. The highest BCUT2D eigenvalue weighted by Crippen LogP contribution is 2.34. The molecule has 0 aliphatic carbocycles. The first-order valence-corrected chi connectivity index (χ1v) is 6.32. The number of nitrogens with zero attached hydrogens (tertiary/aromatic N) is 2. The normalized spacial score (nSPS) is 12.5. The zero-order valence-corrected chi connectivity index (χ0v) is 11.9. The predicted molar refractivity (Wildman–Crippen MR) is 72.8 cm³/mol. The van der Waals surface area contributed by atoms with Crippen LogP contribution in [-0.4, -0.2) is 15.1 Å². The second-order valence-electron chi connectivity index (χ2n) is 5.77. The maximum atomic E-state index is 12.5. The largest absolute Gasteiger partial charge is 0.507 e. The summed E-state index contributed by atoms with van der Waals surface area (Å²) in [5, 5.41) is 9.89. The van der Waals surface area contributed by atoms with Gasteiger partial charge in [0.15, 0.2) is 5.69 Å². The summed E-state index contributed by atoms with van der Waals surface area (Å²) in [6, 6.07) is 5.00. The monoisotopic (exact) mass is 296 g/mol. The van der Waals surface area contributed by atoms with Crippen molar-refractivity contribution < 1.29 is 18.3 Å². The molecule has 0 aliphatic heterocycles. The van der Waals surface area contributed by atoms with E-state index in [2.05, 4.69) is 9.97 Å². The van der Waals surface area contributed by atoms with Gasteiger partial charge in [-0.1, -0.05) is 26.8 Å². The summed E-state index contributed by atoms with van der Waals surface area (Å²) in [6.07, 6.45) is -2.84. The van der Waals surface area contributed by atoms with Crippen LogP contribution in [0.3, 0.4) is 0 Å². The number of hydrogen-bond donors (Lipinski definition) is 1. The van der Waals surface area contributed by atoms with Crippen molar-refractivity contribution in [3.05, 3.63) is 41.9 Å². The molecule has 0 fully saturated rings. The van der Waals surface area contributed by atoms with Gasteiger partial charge < -0.3 is 5.11 Å². The van der Waals surface area contributed by atoms with Gasteiger partial charge in [0.25, 0.3) is 0 Å². The number of aromatic hydroxyl groups is 1. The van der Waals surface area contributed by atoms with Crippen LogP contribution in [0.25, 0.3) is 11.3 Å². The molecule has 0 amide bonds. The van der Waals surface area contributed by atoms with Gasteiger partial charge in [0.2, 0.25) is 0 Å². The summed E-state index contributed by atoms with van der Waals surface area (Å²) in [6.45, 7) is 6.00. The Kier molecular flexibility index (Phi) is 3.65. The van der Waals surface area contributed by atoms with Crippen LogP contribution in [-0.2, 0) is 11.6 Å². The molecule has 3 nitrogen and oxygen atoms in total. The van der Waals surface area contributed by atoms with Crippen LogP contribution in [0.2, 0.25) is 0 Å². The van der Waals surface area contributed by atoms with Crippen molar-refractivity contribution in [3.8, 4) is 17.0 Å². The van der Waals surface area contributed by atoms with Gasteiger partial charge in [-0.3, -0.25) is 4.98 Å². The molecule has 0 aliphatic rings. The maximum Gasteiger partial charge on any atom is 0.434 e. The van der Waals surface area contributed by atoms with Crippen molar-refractivity contribution in [2.24, 2.45) is 0 Å². The van der Waals surface area contributed by atoms with E-state index >= 15 is 0 Å². The number of rotatable bonds is 1. The molecule has 2 aromatic rings. The molecule has 2 rings (SSSR count). The first-order chi connectivity index (χ1) is 9.59. The molecule has 0 spiro atoms. The fraction of sp³-hybridized carbons (Fsp3) is 0.333. The maximum absolute atomic E-state index is 12.5. The molecule has 1 heterocycles. The van der Waals surface area contributed by atoms with E-state index in [1.807, 2.05) is 20.8 Å². The van der Waals surface area contributed by atoms with E-state index in [0.717, 1.165) is 11.8 Å². The molecule has 0 saturated carbocycles. The summed E-state index contributed by atoms with van der Waals surface area (Å²) in [5.41, 5.74) is 0.298. The highest BCUT2D eigenvalue weighted by atomic mass is 19.4. The van der Waals surface area contributed by atoms with E-state index in [4.69, 9.17) is 0 Å². The molecule has 0 atom stereocenters. The van der Waals surface area contributed by atoms with Gasteiger partial charge in [0, 0.05) is 5.56 Å². The Bertz CT molecular complexity index is 643. The van der Waals surface area contributed by atoms with E-state index in [0.29, 0.717) is 11.8 Å². The Morgan fingerprint density at radius 1 is 1.00 bits per heavy atom. The van der Waals surface area contributed by atoms with Crippen molar-refractivity contribution in [2.75, 3.05) is 0 Å². The fourth-order valence-electron chi connectivity index (χ4n) is 1.82. The lowest BCUT2D eigenvalue weighted by atomic mass is 9.86. The molecule has 1 aromatic carbocycles. The van der Waals surface area contributed by atoms with Gasteiger partial charge in [0.05, 0.1) is 18.1 Å². The summed E-state index contributed by atoms with van der Waals surface area (Å²) >= 11 is 0. The summed E-state index contributed by atoms with van der Waals surface area (Å²) in [5.74, 6) is -0.0444. The quantitative estimate of drug-likeness (QED) is 0.859. The average Bonchev–Trinajstić information content (AvgIpc) is 2.37. The fourth-order valence-corrected chi connectivity index (χ4v) is 1.82. The minimum absolute atomic E-state index is 0.0444. The van der Waals surface area contributed by atoms with E-state index in [-0.39, 0.29) is 16.9 Å². The Morgan fingerprint density at radius 2 is 1.67 bits per heavy atom. The number of phenolic OH excluding ortho intramolecular Hbond substituents is 1. The predicted octanol–water partition coefficient (Wildman–Crippen LogP) is 4.17. The average molecular weight is 296 g/mol. The van der Waals surface area contributed by atoms with Gasteiger partial charge in [-0.2, -0.15) is 13.2 Å². The van der Waals surface area contributed by atoms with Crippen molar-refractivity contribution in [1.82, 2.24) is 9.97 Å². The van der Waals surface area contributed by atoms with Crippen LogP contribution < -0.4 is 0 Å². The molecule has 112 valence electrons. The van der Waals surface area contributed by atoms with E-state index in [1.165, 1.54) is 6.07 Å². The molecule has 6 heteroatoms. The van der Waals surface area contributed by atoms with Crippen LogP contribution in [0, 0.1) is 0 Å². The van der Waals surface area contributed by atoms with Crippen molar-refractivity contribution in [1.29, 1.82) is 0 Å². The third-order valence-corrected chi connectivity index (χ3v) is 3.08. The number of benzene rings is 1. The second kappa shape index (κ2) is 5.02. The van der Waals surface area contributed by atoms with Crippen molar-refractivity contribution >= 4 is 0 Å². The van der Waals surface area contributed by atoms with Crippen LogP contribution in [0.5, 0.6) is 5.75 Å². The van der Waals surface area contributed by atoms with E-state index in [1.54, 1.807) is 12.1 Å². The number of halogens is 3. The van der Waals surface area contributed by atoms with Gasteiger partial charge >= 0.3 is 6.18 Å². The van der Waals surface area contributed by atoms with Crippen molar-refractivity contribution in [2.45, 2.75) is 32.4 Å². The van der Waals surface area contributed by atoms with E-state index < -0.39 is 11.9 Å². The number of phenols is 1. The van der Waals surface area contributed by atoms with Crippen LogP contribution in [0.4, 0.5) is 13.2 Å². The zero-order valence-electron chi connectivity index (χ0n) is 11.9. The Morgan fingerprint density at radius 3 is 2.14 bits per heavy atom. The first kappa shape index (κ1) is 15.3. The van der Waals surface area contributed by atoms with Gasteiger partial charge in [-0.25, -0.2) is 4.98 Å². The zero-order chi connectivity index (χ0) is 15.8. The minimum atomic E-state index is -4.53. The smallest absolute Gasteiger partial charge is 0.434 e. The molecule has 1 aromatic heterocycles. The highest BCUT2D eigenvalue weighted by molar-refractivity contribution is 5.67. The molecule has 0 radical (unpaired) electrons. The summed E-state index contributed by atoms with van der Waals surface area (Å²) in [4.78, 5) is 7.12. The van der Waals surface area contributed by atoms with Gasteiger partial charge in [-0.05, 0) is 23.1 Å². The lowest BCUT2D eigenvalue weighted by Crippen LogP contribution is -2.11. The standard InChI is InChI=1S/C15H15F3N2O/c1-14(2,3)9-4-5-12(21)10(6-9)11-7-20-13(8-19-11)15(16,17)18/h4-8,21H,1-3H3. The van der Waals surface area contributed by atoms with Gasteiger partial charge in [-0.15, -0.1) is 0 Å². The molecule has 0 saturated heterocycles. The topological polar surface area (TPSA) is 46.0 Å². The second-order valence-corrected chi connectivity index (χ2v) is 5.77. The van der Waals surface area contributed by atoms with E-state index in [9.17, 15) is 18.3 Å². The molecule has 0 unspecified atom stereocenters.